The van der Waals surface area contributed by atoms with Crippen LogP contribution in [-0.2, 0) is 29.3 Å². The number of carbonyl (C=O) groups excluding carboxylic acids is 3. The van der Waals surface area contributed by atoms with Crippen molar-refractivity contribution in [3.63, 3.8) is 0 Å². The number of Topliss-reactive ketones (excluding diaryl/α,β-unsaturated/α-hetero) is 1. The number of benzene rings is 1. The molecule has 1 aliphatic carbocycles. The molecule has 0 radical (unpaired) electrons. The van der Waals surface area contributed by atoms with Crippen LogP contribution in [0, 0.1) is 16.7 Å². The van der Waals surface area contributed by atoms with E-state index in [0.717, 1.165) is 0 Å². The minimum atomic E-state index is -1.73. The van der Waals surface area contributed by atoms with Gasteiger partial charge in [-0.1, -0.05) is 32.0 Å². The normalized spacial score (nSPS) is 24.0. The van der Waals surface area contributed by atoms with E-state index in [4.69, 9.17) is 15.2 Å². The number of para-hydroxylation sites is 1. The van der Waals surface area contributed by atoms with E-state index in [-0.39, 0.29) is 47.8 Å². The molecule has 1 amide bonds. The summed E-state index contributed by atoms with van der Waals surface area (Å²) in [6.45, 7) is 5.37. The Hall–Kier alpha value is -3.60. The molecule has 0 saturated heterocycles. The van der Waals surface area contributed by atoms with Gasteiger partial charge in [0.05, 0.1) is 12.2 Å². The number of fused-ring (bicyclic) bond motifs is 3. The van der Waals surface area contributed by atoms with Gasteiger partial charge in [-0.25, -0.2) is 0 Å². The lowest BCUT2D eigenvalue weighted by atomic mass is 9.62. The van der Waals surface area contributed by atoms with Gasteiger partial charge in [0.2, 0.25) is 11.8 Å². The number of hydrogen-bond donors (Lipinski definition) is 1. The van der Waals surface area contributed by atoms with Gasteiger partial charge in [-0.3, -0.25) is 19.3 Å². The Morgan fingerprint density at radius 2 is 2.00 bits per heavy atom. The highest BCUT2D eigenvalue weighted by Gasteiger charge is 2.63. The lowest BCUT2D eigenvalue weighted by Crippen LogP contribution is -2.51. The van der Waals surface area contributed by atoms with Crippen LogP contribution in [0.2, 0.25) is 0 Å². The average Bonchev–Trinajstić information content (AvgIpc) is 2.91. The molecular formula is C23H23N3O5. The van der Waals surface area contributed by atoms with Crippen molar-refractivity contribution >= 4 is 23.3 Å². The molecule has 2 N–H and O–H groups in total. The Morgan fingerprint density at radius 3 is 2.68 bits per heavy atom. The molecule has 0 fully saturated rings. The average molecular weight is 421 g/mol. The van der Waals surface area contributed by atoms with E-state index in [1.54, 1.807) is 31.2 Å². The Balaban J connectivity index is 2.00. The van der Waals surface area contributed by atoms with Crippen molar-refractivity contribution < 1.29 is 23.9 Å². The molecule has 8 nitrogen and oxygen atoms in total. The number of amides is 1. The van der Waals surface area contributed by atoms with E-state index in [9.17, 15) is 19.6 Å². The molecule has 1 atom stereocenters. The molecule has 0 aromatic heterocycles. The molecule has 4 rings (SSSR count). The van der Waals surface area contributed by atoms with Crippen LogP contribution in [0.5, 0.6) is 0 Å². The SMILES string of the molecule is CCOC(=O)CN1C(=O)[C@@]2(C(C#N)=C(N)OC3=C2C(=O)CC(C)(C)C3)c2ccccc21. The fraction of sp³-hybridized carbons (Fsp3) is 0.391. The Morgan fingerprint density at radius 1 is 1.29 bits per heavy atom. The fourth-order valence-electron chi connectivity index (χ4n) is 4.83. The largest absolute Gasteiger partial charge is 0.465 e. The highest BCUT2D eigenvalue weighted by atomic mass is 16.5. The second-order valence-electron chi connectivity index (χ2n) is 8.66. The molecule has 160 valence electrons. The molecule has 1 spiro atoms. The zero-order chi connectivity index (χ0) is 22.6. The van der Waals surface area contributed by atoms with Crippen molar-refractivity contribution in [3.8, 4) is 6.07 Å². The summed E-state index contributed by atoms with van der Waals surface area (Å²) in [4.78, 5) is 40.9. The standard InChI is InChI=1S/C23H23N3O5/c1-4-30-18(28)12-26-15-8-6-5-7-13(15)23(21(26)29)14(11-24)20(25)31-17-10-22(2,3)9-16(27)19(17)23/h5-8H,4,9-10,12,25H2,1-3H3/t23-/m1/s1. The fourth-order valence-corrected chi connectivity index (χ4v) is 4.83. The first-order valence-electron chi connectivity index (χ1n) is 10.1. The van der Waals surface area contributed by atoms with Crippen LogP contribution in [0.15, 0.2) is 47.1 Å². The predicted molar refractivity (Wildman–Crippen MR) is 110 cm³/mol. The molecular weight excluding hydrogens is 398 g/mol. The van der Waals surface area contributed by atoms with Crippen LogP contribution >= 0.6 is 0 Å². The van der Waals surface area contributed by atoms with Gasteiger partial charge >= 0.3 is 5.97 Å². The van der Waals surface area contributed by atoms with Gasteiger partial charge in [0.15, 0.2) is 5.78 Å². The predicted octanol–water partition coefficient (Wildman–Crippen LogP) is 2.20. The third-order valence-corrected chi connectivity index (χ3v) is 5.93. The number of carbonyl (C=O) groups is 3. The molecule has 2 aliphatic heterocycles. The summed E-state index contributed by atoms with van der Waals surface area (Å²) in [7, 11) is 0. The third kappa shape index (κ3) is 2.84. The summed E-state index contributed by atoms with van der Waals surface area (Å²) in [5, 5.41) is 10.00. The Bertz CT molecular complexity index is 1120. The van der Waals surface area contributed by atoms with Gasteiger partial charge in [0.1, 0.15) is 29.4 Å². The maximum Gasteiger partial charge on any atom is 0.326 e. The van der Waals surface area contributed by atoms with E-state index >= 15 is 0 Å². The van der Waals surface area contributed by atoms with Crippen molar-refractivity contribution in [1.82, 2.24) is 0 Å². The molecule has 1 aromatic carbocycles. The molecule has 3 aliphatic rings. The first kappa shape index (κ1) is 20.7. The van der Waals surface area contributed by atoms with E-state index in [1.165, 1.54) is 4.90 Å². The van der Waals surface area contributed by atoms with Gasteiger partial charge in [-0.15, -0.1) is 0 Å². The number of nitrogens with zero attached hydrogens (tertiary/aromatic N) is 2. The van der Waals surface area contributed by atoms with E-state index in [0.29, 0.717) is 23.4 Å². The smallest absolute Gasteiger partial charge is 0.326 e. The summed E-state index contributed by atoms with van der Waals surface area (Å²) in [5.74, 6) is -1.33. The zero-order valence-electron chi connectivity index (χ0n) is 17.7. The van der Waals surface area contributed by atoms with Crippen molar-refractivity contribution in [2.45, 2.75) is 39.0 Å². The van der Waals surface area contributed by atoms with Gasteiger partial charge in [-0.2, -0.15) is 5.26 Å². The molecule has 0 unspecified atom stereocenters. The third-order valence-electron chi connectivity index (χ3n) is 5.93. The number of nitriles is 1. The maximum absolute atomic E-state index is 14.0. The molecule has 31 heavy (non-hydrogen) atoms. The van der Waals surface area contributed by atoms with Gasteiger partial charge in [0.25, 0.3) is 0 Å². The molecule has 0 bridgehead atoms. The molecule has 2 heterocycles. The highest BCUT2D eigenvalue weighted by molar-refractivity contribution is 6.21. The summed E-state index contributed by atoms with van der Waals surface area (Å²) < 4.78 is 10.8. The van der Waals surface area contributed by atoms with Gasteiger partial charge < -0.3 is 15.2 Å². The monoisotopic (exact) mass is 421 g/mol. The Kier molecular flexibility index (Phi) is 4.65. The van der Waals surface area contributed by atoms with E-state index in [1.807, 2.05) is 19.9 Å². The van der Waals surface area contributed by atoms with Crippen molar-refractivity contribution in [2.75, 3.05) is 18.1 Å². The van der Waals surface area contributed by atoms with Crippen LogP contribution in [-0.4, -0.2) is 30.8 Å². The van der Waals surface area contributed by atoms with E-state index in [2.05, 4.69) is 0 Å². The Labute approximate surface area is 179 Å². The summed E-state index contributed by atoms with van der Waals surface area (Å²) in [6.07, 6.45) is 0.589. The summed E-state index contributed by atoms with van der Waals surface area (Å²) in [6, 6.07) is 8.82. The first-order valence-corrected chi connectivity index (χ1v) is 10.1. The van der Waals surface area contributed by atoms with Crippen molar-refractivity contribution in [1.29, 1.82) is 5.26 Å². The maximum atomic E-state index is 14.0. The van der Waals surface area contributed by atoms with Crippen LogP contribution in [0.3, 0.4) is 0 Å². The number of esters is 1. The quantitative estimate of drug-likeness (QED) is 0.742. The number of nitrogens with two attached hydrogens (primary N) is 1. The second-order valence-corrected chi connectivity index (χ2v) is 8.66. The van der Waals surface area contributed by atoms with E-state index < -0.39 is 17.3 Å². The number of ether oxygens (including phenoxy) is 2. The number of rotatable bonds is 3. The number of anilines is 1. The molecule has 0 saturated carbocycles. The first-order chi connectivity index (χ1) is 14.7. The van der Waals surface area contributed by atoms with Crippen LogP contribution in [0.4, 0.5) is 5.69 Å². The van der Waals surface area contributed by atoms with Gasteiger partial charge in [-0.05, 0) is 18.4 Å². The molecule has 8 heteroatoms. The topological polar surface area (TPSA) is 123 Å². The van der Waals surface area contributed by atoms with Gasteiger partial charge in [0, 0.05) is 24.1 Å². The lowest BCUT2D eigenvalue weighted by Gasteiger charge is -2.41. The minimum absolute atomic E-state index is 0.136. The van der Waals surface area contributed by atoms with Crippen LogP contribution in [0.25, 0.3) is 0 Å². The lowest BCUT2D eigenvalue weighted by molar-refractivity contribution is -0.142. The number of ketones is 1. The van der Waals surface area contributed by atoms with Crippen LogP contribution < -0.4 is 10.6 Å². The highest BCUT2D eigenvalue weighted by Crippen LogP contribution is 2.57. The number of allylic oxidation sites excluding steroid dienone is 1. The summed E-state index contributed by atoms with van der Waals surface area (Å²) in [5.41, 5.74) is 4.89. The van der Waals surface area contributed by atoms with Crippen molar-refractivity contribution in [3.05, 3.63) is 52.6 Å². The summed E-state index contributed by atoms with van der Waals surface area (Å²) >= 11 is 0. The minimum Gasteiger partial charge on any atom is -0.465 e. The molecule has 1 aromatic rings. The second kappa shape index (κ2) is 6.98. The zero-order valence-corrected chi connectivity index (χ0v) is 17.7. The number of hydrogen-bond acceptors (Lipinski definition) is 7. The van der Waals surface area contributed by atoms with Crippen molar-refractivity contribution in [2.24, 2.45) is 11.1 Å². The van der Waals surface area contributed by atoms with Crippen LogP contribution in [0.1, 0.15) is 39.2 Å².